The lowest BCUT2D eigenvalue weighted by Gasteiger charge is -2.28. The highest BCUT2D eigenvalue weighted by molar-refractivity contribution is 5.85. The van der Waals surface area contributed by atoms with Crippen molar-refractivity contribution in [3.05, 3.63) is 53.9 Å². The highest BCUT2D eigenvalue weighted by atomic mass is 35.5. The molecule has 4 rings (SSSR count). The molecule has 1 aromatic carbocycles. The Bertz CT molecular complexity index is 628. The van der Waals surface area contributed by atoms with Crippen molar-refractivity contribution >= 4 is 12.4 Å². The van der Waals surface area contributed by atoms with E-state index in [9.17, 15) is 0 Å². The van der Waals surface area contributed by atoms with Crippen LogP contribution in [-0.2, 0) is 11.2 Å². The maximum absolute atomic E-state index is 6.00. The van der Waals surface area contributed by atoms with Gasteiger partial charge in [0.1, 0.15) is 0 Å². The number of nitrogens with one attached hydrogen (secondary N) is 1. The molecule has 2 aromatic rings. The van der Waals surface area contributed by atoms with Gasteiger partial charge in [0.2, 0.25) is 0 Å². The van der Waals surface area contributed by atoms with Gasteiger partial charge in [-0.25, -0.2) is 0 Å². The van der Waals surface area contributed by atoms with Crippen molar-refractivity contribution in [1.82, 2.24) is 10.3 Å². The fraction of sp³-hybridized carbons (Fsp3) is 0.389. The Balaban J connectivity index is 0.00000144. The zero-order chi connectivity index (χ0) is 14.1. The molecule has 1 N–H and O–H groups in total. The molecule has 3 nitrogen and oxygen atoms in total. The minimum atomic E-state index is 0. The molecule has 116 valence electrons. The molecule has 2 aliphatic rings. The molecule has 0 saturated heterocycles. The molecule has 0 amide bonds. The van der Waals surface area contributed by atoms with Gasteiger partial charge in [-0.15, -0.1) is 12.4 Å². The van der Waals surface area contributed by atoms with Gasteiger partial charge in [0.15, 0.2) is 0 Å². The van der Waals surface area contributed by atoms with Crippen LogP contribution in [0.4, 0.5) is 0 Å². The zero-order valence-electron chi connectivity index (χ0n) is 12.5. The molecule has 1 aliphatic carbocycles. The van der Waals surface area contributed by atoms with Crippen LogP contribution in [0.1, 0.15) is 30.1 Å². The predicted octanol–water partition coefficient (Wildman–Crippen LogP) is 3.54. The number of halogens is 1. The molecular weight excluding hydrogens is 296 g/mol. The first-order chi connectivity index (χ1) is 10.4. The Morgan fingerprint density at radius 1 is 1.14 bits per heavy atom. The summed E-state index contributed by atoms with van der Waals surface area (Å²) in [7, 11) is 0. The average molecular weight is 317 g/mol. The number of nitrogens with zero attached hydrogens (tertiary/aromatic N) is 1. The van der Waals surface area contributed by atoms with Crippen molar-refractivity contribution in [3.8, 4) is 11.1 Å². The highest BCUT2D eigenvalue weighted by Crippen LogP contribution is 2.34. The number of rotatable bonds is 4. The van der Waals surface area contributed by atoms with Crippen LogP contribution in [-0.4, -0.2) is 24.2 Å². The summed E-state index contributed by atoms with van der Waals surface area (Å²) in [4.78, 5) is 4.12. The van der Waals surface area contributed by atoms with Gasteiger partial charge in [0.25, 0.3) is 0 Å². The van der Waals surface area contributed by atoms with Crippen molar-refractivity contribution < 1.29 is 4.74 Å². The Hall–Kier alpha value is -1.42. The third-order valence-electron chi connectivity index (χ3n) is 4.39. The van der Waals surface area contributed by atoms with E-state index in [4.69, 9.17) is 4.74 Å². The predicted molar refractivity (Wildman–Crippen MR) is 90.3 cm³/mol. The van der Waals surface area contributed by atoms with Crippen LogP contribution in [0, 0.1) is 0 Å². The van der Waals surface area contributed by atoms with E-state index in [2.05, 4.69) is 40.6 Å². The quantitative estimate of drug-likeness (QED) is 0.937. The monoisotopic (exact) mass is 316 g/mol. The maximum atomic E-state index is 6.00. The molecule has 1 aliphatic heterocycles. The van der Waals surface area contributed by atoms with Crippen molar-refractivity contribution in [1.29, 1.82) is 0 Å². The number of fused-ring (bicyclic) bond motifs is 1. The average Bonchev–Trinajstić information content (AvgIpc) is 3.37. The SMILES string of the molecule is Cl.c1cc(-c2ccncc2)c2c(c1)[C@H](CNC1CC1)OCC2. The van der Waals surface area contributed by atoms with Crippen LogP contribution in [0.25, 0.3) is 11.1 Å². The summed E-state index contributed by atoms with van der Waals surface area (Å²) in [5.74, 6) is 0. The number of aromatic nitrogens is 1. The molecule has 1 aromatic heterocycles. The third-order valence-corrected chi connectivity index (χ3v) is 4.39. The lowest BCUT2D eigenvalue weighted by molar-refractivity contribution is 0.0425. The molecule has 0 radical (unpaired) electrons. The van der Waals surface area contributed by atoms with E-state index in [0.717, 1.165) is 25.6 Å². The first-order valence-corrected chi connectivity index (χ1v) is 7.79. The topological polar surface area (TPSA) is 34.2 Å². The van der Waals surface area contributed by atoms with E-state index >= 15 is 0 Å². The van der Waals surface area contributed by atoms with Crippen molar-refractivity contribution in [2.24, 2.45) is 0 Å². The number of pyridine rings is 1. The molecule has 0 spiro atoms. The van der Waals surface area contributed by atoms with E-state index in [1.54, 1.807) is 0 Å². The van der Waals surface area contributed by atoms with Gasteiger partial charge in [-0.1, -0.05) is 18.2 Å². The summed E-state index contributed by atoms with van der Waals surface area (Å²) in [6.07, 6.45) is 7.54. The minimum absolute atomic E-state index is 0. The normalized spacial score (nSPS) is 20.1. The second-order valence-corrected chi connectivity index (χ2v) is 5.90. The van der Waals surface area contributed by atoms with Gasteiger partial charge in [0, 0.05) is 25.0 Å². The molecule has 1 fully saturated rings. The molecular formula is C18H21ClN2O. The van der Waals surface area contributed by atoms with Crippen LogP contribution >= 0.6 is 12.4 Å². The number of hydrogen-bond donors (Lipinski definition) is 1. The van der Waals surface area contributed by atoms with Crippen molar-refractivity contribution in [3.63, 3.8) is 0 Å². The lowest BCUT2D eigenvalue weighted by Crippen LogP contribution is -2.29. The Kier molecular flexibility index (Phi) is 4.77. The number of benzene rings is 1. The van der Waals surface area contributed by atoms with Crippen LogP contribution in [0.5, 0.6) is 0 Å². The summed E-state index contributed by atoms with van der Waals surface area (Å²) >= 11 is 0. The van der Waals surface area contributed by atoms with Crippen molar-refractivity contribution in [2.45, 2.75) is 31.4 Å². The molecule has 1 saturated carbocycles. The molecule has 0 bridgehead atoms. The first-order valence-electron chi connectivity index (χ1n) is 7.79. The summed E-state index contributed by atoms with van der Waals surface area (Å²) in [6.45, 7) is 1.74. The minimum Gasteiger partial charge on any atom is -0.372 e. The summed E-state index contributed by atoms with van der Waals surface area (Å²) < 4.78 is 6.00. The lowest BCUT2D eigenvalue weighted by atomic mass is 9.90. The van der Waals surface area contributed by atoms with Gasteiger partial charge < -0.3 is 10.1 Å². The summed E-state index contributed by atoms with van der Waals surface area (Å²) in [5, 5.41) is 3.59. The van der Waals surface area contributed by atoms with E-state index in [1.807, 2.05) is 12.4 Å². The fourth-order valence-corrected chi connectivity index (χ4v) is 3.11. The molecule has 0 unspecified atom stereocenters. The fourth-order valence-electron chi connectivity index (χ4n) is 3.11. The van der Waals surface area contributed by atoms with E-state index < -0.39 is 0 Å². The molecule has 4 heteroatoms. The number of hydrogen-bond acceptors (Lipinski definition) is 3. The smallest absolute Gasteiger partial charge is 0.0952 e. The van der Waals surface area contributed by atoms with Gasteiger partial charge >= 0.3 is 0 Å². The summed E-state index contributed by atoms with van der Waals surface area (Å²) in [5.41, 5.74) is 5.37. The van der Waals surface area contributed by atoms with Gasteiger partial charge in [-0.3, -0.25) is 4.98 Å². The number of ether oxygens (including phenoxy) is 1. The largest absolute Gasteiger partial charge is 0.372 e. The second-order valence-electron chi connectivity index (χ2n) is 5.90. The summed E-state index contributed by atoms with van der Waals surface area (Å²) in [6, 6.07) is 11.5. The van der Waals surface area contributed by atoms with Crippen molar-refractivity contribution in [2.75, 3.05) is 13.2 Å². The Labute approximate surface area is 137 Å². The standard InChI is InChI=1S/C18H20N2O.ClH/c1-2-15(13-6-9-19-10-7-13)16-8-11-21-18(17(16)3-1)12-20-14-4-5-14;/h1-3,6-7,9-10,14,18,20H,4-5,8,11-12H2;1H/t18-;/m0./s1. The Morgan fingerprint density at radius 3 is 2.73 bits per heavy atom. The first kappa shape index (κ1) is 15.5. The van der Waals surface area contributed by atoms with Gasteiger partial charge in [-0.05, 0) is 53.6 Å². The van der Waals surface area contributed by atoms with Gasteiger partial charge in [0.05, 0.1) is 12.7 Å². The van der Waals surface area contributed by atoms with Crippen LogP contribution in [0.2, 0.25) is 0 Å². The second kappa shape index (κ2) is 6.78. The third kappa shape index (κ3) is 3.17. The zero-order valence-corrected chi connectivity index (χ0v) is 13.3. The van der Waals surface area contributed by atoms with E-state index in [1.165, 1.54) is 35.1 Å². The van der Waals surface area contributed by atoms with Crippen LogP contribution in [0.3, 0.4) is 0 Å². The highest BCUT2D eigenvalue weighted by Gasteiger charge is 2.26. The van der Waals surface area contributed by atoms with E-state index in [-0.39, 0.29) is 18.5 Å². The van der Waals surface area contributed by atoms with Gasteiger partial charge in [-0.2, -0.15) is 0 Å². The van der Waals surface area contributed by atoms with Crippen LogP contribution < -0.4 is 5.32 Å². The van der Waals surface area contributed by atoms with E-state index in [0.29, 0.717) is 0 Å². The molecule has 2 heterocycles. The maximum Gasteiger partial charge on any atom is 0.0952 e. The Morgan fingerprint density at radius 2 is 1.95 bits per heavy atom. The molecule has 22 heavy (non-hydrogen) atoms. The molecule has 1 atom stereocenters. The van der Waals surface area contributed by atoms with Crippen LogP contribution in [0.15, 0.2) is 42.7 Å².